The van der Waals surface area contributed by atoms with Crippen LogP contribution in [-0.4, -0.2) is 8.32 Å². The predicted octanol–water partition coefficient (Wildman–Crippen LogP) is 7.42. The molecule has 138 valence electrons. The van der Waals surface area contributed by atoms with Gasteiger partial charge in [0.05, 0.1) is 6.10 Å². The molecule has 2 heteroatoms. The summed E-state index contributed by atoms with van der Waals surface area (Å²) in [5.41, 5.74) is 3.07. The highest BCUT2D eigenvalue weighted by Crippen LogP contribution is 2.59. The van der Waals surface area contributed by atoms with Crippen molar-refractivity contribution in [3.8, 4) is 0 Å². The summed E-state index contributed by atoms with van der Waals surface area (Å²) in [6, 6.07) is 12.3. The lowest BCUT2D eigenvalue weighted by Crippen LogP contribution is -2.54. The molecule has 0 bridgehead atoms. The van der Waals surface area contributed by atoms with Crippen LogP contribution in [0, 0.1) is 5.92 Å². The second-order valence-electron chi connectivity index (χ2n) is 10.1. The molecular weight excluding hydrogens is 320 g/mol. The van der Waals surface area contributed by atoms with E-state index in [1.807, 2.05) is 0 Å². The van der Waals surface area contributed by atoms with Crippen molar-refractivity contribution in [2.24, 2.45) is 5.92 Å². The van der Waals surface area contributed by atoms with Gasteiger partial charge in [-0.15, -0.1) is 0 Å². The maximum absolute atomic E-state index is 7.38. The molecular formula is C23H36OSi. The van der Waals surface area contributed by atoms with E-state index in [4.69, 9.17) is 4.43 Å². The first-order chi connectivity index (χ1) is 11.7. The lowest BCUT2D eigenvalue weighted by atomic mass is 9.80. The minimum absolute atomic E-state index is 0.229. The molecule has 2 atom stereocenters. The number of benzene rings is 1. The summed E-state index contributed by atoms with van der Waals surface area (Å²) >= 11 is 0. The molecule has 1 aliphatic heterocycles. The van der Waals surface area contributed by atoms with Crippen molar-refractivity contribution in [2.75, 3.05) is 0 Å². The average molecular weight is 357 g/mol. The Labute approximate surface area is 156 Å². The van der Waals surface area contributed by atoms with E-state index in [1.54, 1.807) is 5.57 Å². The third-order valence-corrected chi connectivity index (χ3v) is 13.1. The zero-order valence-electron chi connectivity index (χ0n) is 17.1. The van der Waals surface area contributed by atoms with E-state index < -0.39 is 8.32 Å². The second kappa shape index (κ2) is 6.70. The van der Waals surface area contributed by atoms with Crippen molar-refractivity contribution >= 4 is 8.32 Å². The van der Waals surface area contributed by atoms with Crippen LogP contribution in [-0.2, 0) is 4.43 Å². The number of rotatable bonds is 1. The number of allylic oxidation sites excluding steroid dienone is 1. The molecule has 0 radical (unpaired) electrons. The quantitative estimate of drug-likeness (QED) is 0.376. The standard InChI is InChI=1S/C23H36OSi/c1-22(2,3)25(23(4,5)6)17-16-18-12-10-11-15-20(18)21(24-25)19-13-8-7-9-14-19/h7-9,12-14,20-21H,10-11,15-17H2,1-6H3/t20-,21+/m0/s1. The highest BCUT2D eigenvalue weighted by Gasteiger charge is 2.57. The molecule has 1 aliphatic carbocycles. The van der Waals surface area contributed by atoms with Crippen LogP contribution in [0.25, 0.3) is 0 Å². The first-order valence-electron chi connectivity index (χ1n) is 10.1. The van der Waals surface area contributed by atoms with Crippen molar-refractivity contribution in [3.63, 3.8) is 0 Å². The van der Waals surface area contributed by atoms with Crippen LogP contribution in [0.15, 0.2) is 42.0 Å². The van der Waals surface area contributed by atoms with Gasteiger partial charge in [0, 0.05) is 5.92 Å². The summed E-state index contributed by atoms with van der Waals surface area (Å²) in [6.45, 7) is 14.6. The highest BCUT2D eigenvalue weighted by atomic mass is 28.4. The summed E-state index contributed by atoms with van der Waals surface area (Å²) in [6.07, 6.45) is 7.87. The monoisotopic (exact) mass is 356 g/mol. The van der Waals surface area contributed by atoms with E-state index in [9.17, 15) is 0 Å². The first kappa shape index (κ1) is 18.9. The maximum Gasteiger partial charge on any atom is 0.204 e. The molecule has 0 spiro atoms. The summed E-state index contributed by atoms with van der Waals surface area (Å²) in [5.74, 6) is 0.579. The van der Waals surface area contributed by atoms with Crippen LogP contribution < -0.4 is 0 Å². The van der Waals surface area contributed by atoms with Gasteiger partial charge >= 0.3 is 0 Å². The third-order valence-electron chi connectivity index (χ3n) is 6.61. The van der Waals surface area contributed by atoms with Crippen LogP contribution in [0.5, 0.6) is 0 Å². The minimum atomic E-state index is -2.01. The summed E-state index contributed by atoms with van der Waals surface area (Å²) in [5, 5.41) is 0.457. The largest absolute Gasteiger partial charge is 0.408 e. The SMILES string of the molecule is CC(C)(C)[Si]1(C(C)(C)C)CCC2=CCCC[C@@H]2[C@@H](c2ccccc2)O1. The van der Waals surface area contributed by atoms with Crippen molar-refractivity contribution in [3.05, 3.63) is 47.5 Å². The fraction of sp³-hybridized carbons (Fsp3) is 0.652. The molecule has 1 aromatic rings. The van der Waals surface area contributed by atoms with Gasteiger partial charge in [-0.05, 0) is 47.4 Å². The molecule has 2 aliphatic rings. The Morgan fingerprint density at radius 3 is 2.20 bits per heavy atom. The molecule has 0 aromatic heterocycles. The minimum Gasteiger partial charge on any atom is -0.408 e. The third kappa shape index (κ3) is 3.40. The molecule has 3 rings (SSSR count). The Hall–Kier alpha value is -0.863. The van der Waals surface area contributed by atoms with E-state index in [0.29, 0.717) is 5.92 Å². The molecule has 1 saturated heterocycles. The Morgan fingerprint density at radius 2 is 1.60 bits per heavy atom. The molecule has 0 amide bonds. The van der Waals surface area contributed by atoms with Crippen molar-refractivity contribution in [1.29, 1.82) is 0 Å². The summed E-state index contributed by atoms with van der Waals surface area (Å²) in [7, 11) is -2.01. The Kier molecular flexibility index (Phi) is 5.07. The molecule has 25 heavy (non-hydrogen) atoms. The molecule has 0 saturated carbocycles. The molecule has 0 unspecified atom stereocenters. The van der Waals surface area contributed by atoms with E-state index in [2.05, 4.69) is 78.0 Å². The Bertz CT molecular complexity index is 604. The molecule has 1 nitrogen and oxygen atoms in total. The van der Waals surface area contributed by atoms with Gasteiger partial charge in [-0.1, -0.05) is 83.5 Å². The molecule has 1 fully saturated rings. The zero-order chi connectivity index (χ0) is 18.3. The maximum atomic E-state index is 7.38. The van der Waals surface area contributed by atoms with Crippen LogP contribution in [0.4, 0.5) is 0 Å². The van der Waals surface area contributed by atoms with Gasteiger partial charge < -0.3 is 4.43 Å². The van der Waals surface area contributed by atoms with Crippen molar-refractivity contribution < 1.29 is 4.43 Å². The van der Waals surface area contributed by atoms with Gasteiger partial charge in [0.25, 0.3) is 0 Å². The first-order valence-corrected chi connectivity index (χ1v) is 12.2. The van der Waals surface area contributed by atoms with Gasteiger partial charge in [-0.25, -0.2) is 0 Å². The average Bonchev–Trinajstić information content (AvgIpc) is 2.73. The van der Waals surface area contributed by atoms with Gasteiger partial charge in [0.2, 0.25) is 8.32 Å². The van der Waals surface area contributed by atoms with Crippen LogP contribution in [0.1, 0.15) is 78.9 Å². The van der Waals surface area contributed by atoms with Gasteiger partial charge in [0.1, 0.15) is 0 Å². The number of fused-ring (bicyclic) bond motifs is 1. The van der Waals surface area contributed by atoms with Crippen LogP contribution in [0.3, 0.4) is 0 Å². The number of hydrogen-bond donors (Lipinski definition) is 0. The van der Waals surface area contributed by atoms with Crippen molar-refractivity contribution in [1.82, 2.24) is 0 Å². The molecule has 1 aromatic carbocycles. The lowest BCUT2D eigenvalue weighted by Gasteiger charge is -2.52. The normalized spacial score (nSPS) is 27.2. The van der Waals surface area contributed by atoms with Crippen LogP contribution in [0.2, 0.25) is 16.1 Å². The predicted molar refractivity (Wildman–Crippen MR) is 110 cm³/mol. The summed E-state index contributed by atoms with van der Waals surface area (Å²) < 4.78 is 7.38. The fourth-order valence-corrected chi connectivity index (χ4v) is 11.4. The number of hydrogen-bond acceptors (Lipinski definition) is 1. The molecule has 0 N–H and O–H groups in total. The highest BCUT2D eigenvalue weighted by molar-refractivity contribution is 6.79. The topological polar surface area (TPSA) is 9.23 Å². The fourth-order valence-electron chi connectivity index (χ4n) is 5.45. The van der Waals surface area contributed by atoms with E-state index in [0.717, 1.165) is 0 Å². The van der Waals surface area contributed by atoms with Gasteiger partial charge in [0.15, 0.2) is 0 Å². The van der Waals surface area contributed by atoms with Crippen molar-refractivity contribution in [2.45, 2.75) is 89.5 Å². The van der Waals surface area contributed by atoms with Gasteiger partial charge in [-0.2, -0.15) is 0 Å². The van der Waals surface area contributed by atoms with E-state index >= 15 is 0 Å². The van der Waals surface area contributed by atoms with Crippen LogP contribution >= 0.6 is 0 Å². The van der Waals surface area contributed by atoms with Gasteiger partial charge in [-0.3, -0.25) is 0 Å². The zero-order valence-corrected chi connectivity index (χ0v) is 18.1. The second-order valence-corrected chi connectivity index (χ2v) is 15.5. The smallest absolute Gasteiger partial charge is 0.204 e. The molecule has 1 heterocycles. The lowest BCUT2D eigenvalue weighted by molar-refractivity contribution is 0.119. The summed E-state index contributed by atoms with van der Waals surface area (Å²) in [4.78, 5) is 0. The van der Waals surface area contributed by atoms with E-state index in [1.165, 1.54) is 37.3 Å². The Balaban J connectivity index is 2.13. The Morgan fingerprint density at radius 1 is 0.960 bits per heavy atom. The van der Waals surface area contributed by atoms with E-state index in [-0.39, 0.29) is 16.2 Å².